The highest BCUT2D eigenvalue weighted by molar-refractivity contribution is 5.80. The molecule has 1 unspecified atom stereocenters. The Bertz CT molecular complexity index is 789. The minimum absolute atomic E-state index is 0.0252. The maximum Gasteiger partial charge on any atom is 0.260 e. The number of carbonyl (C=O) groups is 1. The van der Waals surface area contributed by atoms with Gasteiger partial charge in [-0.15, -0.1) is 0 Å². The first-order valence-electron chi connectivity index (χ1n) is 9.13. The Balaban J connectivity index is 1.62. The number of nitrogens with zero attached hydrogens (tertiary/aromatic N) is 1. The standard InChI is InChI=1S/C22H24N2O2/c1-17(26-20-11-7-8-18(14-20)15-23)21(25)24-16-22(12-5-6-13-22)19-9-3-2-4-10-19/h2-4,7-11,14,17H,5-6,12-13,16H2,1H3,(H,24,25). The van der Waals surface area contributed by atoms with Crippen LogP contribution in [0.1, 0.15) is 43.7 Å². The number of benzene rings is 2. The highest BCUT2D eigenvalue weighted by Crippen LogP contribution is 2.40. The molecule has 0 spiro atoms. The Labute approximate surface area is 154 Å². The molecular formula is C22H24N2O2. The van der Waals surface area contributed by atoms with Crippen molar-refractivity contribution in [3.05, 3.63) is 65.7 Å². The quantitative estimate of drug-likeness (QED) is 0.860. The van der Waals surface area contributed by atoms with E-state index in [1.54, 1.807) is 31.2 Å². The third kappa shape index (κ3) is 4.05. The van der Waals surface area contributed by atoms with E-state index in [9.17, 15) is 4.79 Å². The molecule has 4 heteroatoms. The topological polar surface area (TPSA) is 62.1 Å². The summed E-state index contributed by atoms with van der Waals surface area (Å²) in [5.74, 6) is 0.403. The lowest BCUT2D eigenvalue weighted by Gasteiger charge is -2.30. The molecule has 0 heterocycles. The summed E-state index contributed by atoms with van der Waals surface area (Å²) >= 11 is 0. The number of carbonyl (C=O) groups excluding carboxylic acids is 1. The fourth-order valence-electron chi connectivity index (χ4n) is 3.71. The van der Waals surface area contributed by atoms with Gasteiger partial charge in [-0.1, -0.05) is 49.2 Å². The van der Waals surface area contributed by atoms with Crippen LogP contribution in [0, 0.1) is 11.3 Å². The molecule has 134 valence electrons. The van der Waals surface area contributed by atoms with Gasteiger partial charge in [-0.25, -0.2) is 0 Å². The van der Waals surface area contributed by atoms with Crippen LogP contribution in [0.25, 0.3) is 0 Å². The van der Waals surface area contributed by atoms with Crippen molar-refractivity contribution in [2.75, 3.05) is 6.54 Å². The van der Waals surface area contributed by atoms with Crippen molar-refractivity contribution >= 4 is 5.91 Å². The number of hydrogen-bond acceptors (Lipinski definition) is 3. The fourth-order valence-corrected chi connectivity index (χ4v) is 3.71. The number of hydrogen-bond donors (Lipinski definition) is 1. The second-order valence-electron chi connectivity index (χ2n) is 6.97. The van der Waals surface area contributed by atoms with Gasteiger partial charge in [0.15, 0.2) is 6.10 Å². The molecule has 0 radical (unpaired) electrons. The Morgan fingerprint density at radius 1 is 1.19 bits per heavy atom. The Morgan fingerprint density at radius 2 is 1.92 bits per heavy atom. The largest absolute Gasteiger partial charge is 0.481 e. The molecule has 0 aliphatic heterocycles. The SMILES string of the molecule is CC(Oc1cccc(C#N)c1)C(=O)NCC1(c2ccccc2)CCCC1. The smallest absolute Gasteiger partial charge is 0.260 e. The molecule has 4 nitrogen and oxygen atoms in total. The first kappa shape index (κ1) is 18.0. The van der Waals surface area contributed by atoms with Crippen LogP contribution in [0.4, 0.5) is 0 Å². The normalized spacial score (nSPS) is 16.5. The predicted molar refractivity (Wildman–Crippen MR) is 101 cm³/mol. The van der Waals surface area contributed by atoms with Gasteiger partial charge in [0.05, 0.1) is 11.6 Å². The second kappa shape index (κ2) is 8.05. The molecule has 1 saturated carbocycles. The summed E-state index contributed by atoms with van der Waals surface area (Å²) < 4.78 is 5.71. The molecule has 1 fully saturated rings. The van der Waals surface area contributed by atoms with Crippen LogP contribution in [-0.2, 0) is 10.2 Å². The molecule has 26 heavy (non-hydrogen) atoms. The molecule has 2 aromatic carbocycles. The van der Waals surface area contributed by atoms with E-state index in [2.05, 4.69) is 35.7 Å². The number of nitrogens with one attached hydrogen (secondary N) is 1. The maximum absolute atomic E-state index is 12.5. The third-order valence-electron chi connectivity index (χ3n) is 5.19. The summed E-state index contributed by atoms with van der Waals surface area (Å²) in [7, 11) is 0. The van der Waals surface area contributed by atoms with Gasteiger partial charge >= 0.3 is 0 Å². The van der Waals surface area contributed by atoms with Crippen molar-refractivity contribution in [3.8, 4) is 11.8 Å². The predicted octanol–water partition coefficient (Wildman–Crippen LogP) is 3.95. The van der Waals surface area contributed by atoms with Gasteiger partial charge in [-0.2, -0.15) is 5.26 Å². The zero-order valence-corrected chi connectivity index (χ0v) is 15.1. The molecule has 3 rings (SSSR count). The van der Waals surface area contributed by atoms with Crippen LogP contribution in [-0.4, -0.2) is 18.6 Å². The van der Waals surface area contributed by atoms with Crippen LogP contribution in [0.3, 0.4) is 0 Å². The molecule has 0 bridgehead atoms. The van der Waals surface area contributed by atoms with Gasteiger partial charge in [0.25, 0.3) is 5.91 Å². The third-order valence-corrected chi connectivity index (χ3v) is 5.19. The van der Waals surface area contributed by atoms with Crippen molar-refractivity contribution in [3.63, 3.8) is 0 Å². The van der Waals surface area contributed by atoms with Crippen LogP contribution < -0.4 is 10.1 Å². The summed E-state index contributed by atoms with van der Waals surface area (Å²) in [4.78, 5) is 12.5. The minimum atomic E-state index is -0.613. The molecule has 0 aromatic heterocycles. The van der Waals surface area contributed by atoms with Crippen molar-refractivity contribution in [2.24, 2.45) is 0 Å². The van der Waals surface area contributed by atoms with E-state index in [0.717, 1.165) is 12.8 Å². The van der Waals surface area contributed by atoms with Gasteiger partial charge in [-0.05, 0) is 43.5 Å². The minimum Gasteiger partial charge on any atom is -0.481 e. The van der Waals surface area contributed by atoms with E-state index < -0.39 is 6.10 Å². The van der Waals surface area contributed by atoms with Crippen molar-refractivity contribution in [1.82, 2.24) is 5.32 Å². The van der Waals surface area contributed by atoms with Crippen molar-refractivity contribution in [2.45, 2.75) is 44.1 Å². The van der Waals surface area contributed by atoms with Crippen molar-refractivity contribution < 1.29 is 9.53 Å². The molecular weight excluding hydrogens is 324 g/mol. The first-order valence-corrected chi connectivity index (χ1v) is 9.13. The maximum atomic E-state index is 12.5. The van der Waals surface area contributed by atoms with Gasteiger partial charge in [0.2, 0.25) is 0 Å². The number of rotatable bonds is 6. The molecule has 1 aliphatic carbocycles. The van der Waals surface area contributed by atoms with Crippen molar-refractivity contribution in [1.29, 1.82) is 5.26 Å². The highest BCUT2D eigenvalue weighted by atomic mass is 16.5. The number of amides is 1. The zero-order valence-electron chi connectivity index (χ0n) is 15.1. The van der Waals surface area contributed by atoms with Gasteiger partial charge in [0.1, 0.15) is 5.75 Å². The Hall–Kier alpha value is -2.80. The van der Waals surface area contributed by atoms with Crippen LogP contribution in [0.15, 0.2) is 54.6 Å². The second-order valence-corrected chi connectivity index (χ2v) is 6.97. The van der Waals surface area contributed by atoms with E-state index in [1.807, 2.05) is 6.07 Å². The number of ether oxygens (including phenoxy) is 1. The van der Waals surface area contributed by atoms with Gasteiger partial charge in [-0.3, -0.25) is 4.79 Å². The monoisotopic (exact) mass is 348 g/mol. The molecule has 1 atom stereocenters. The fraction of sp³-hybridized carbons (Fsp3) is 0.364. The van der Waals surface area contributed by atoms with E-state index in [4.69, 9.17) is 10.00 Å². The highest BCUT2D eigenvalue weighted by Gasteiger charge is 2.36. The van der Waals surface area contributed by atoms with Crippen LogP contribution in [0.2, 0.25) is 0 Å². The lowest BCUT2D eigenvalue weighted by molar-refractivity contribution is -0.127. The lowest BCUT2D eigenvalue weighted by Crippen LogP contribution is -2.44. The van der Waals surface area contributed by atoms with Crippen LogP contribution >= 0.6 is 0 Å². The molecule has 0 saturated heterocycles. The van der Waals surface area contributed by atoms with E-state index in [-0.39, 0.29) is 11.3 Å². The average Bonchev–Trinajstić information content (AvgIpc) is 3.17. The van der Waals surface area contributed by atoms with Gasteiger partial charge < -0.3 is 10.1 Å². The summed E-state index contributed by atoms with van der Waals surface area (Å²) in [5, 5.41) is 12.0. The summed E-state index contributed by atoms with van der Waals surface area (Å²) in [6.07, 6.45) is 3.96. The lowest BCUT2D eigenvalue weighted by atomic mass is 9.79. The summed E-state index contributed by atoms with van der Waals surface area (Å²) in [5.41, 5.74) is 1.84. The van der Waals surface area contributed by atoms with E-state index in [0.29, 0.717) is 17.9 Å². The summed E-state index contributed by atoms with van der Waals surface area (Å²) in [6.45, 7) is 2.36. The zero-order chi connectivity index (χ0) is 18.4. The molecule has 1 aliphatic rings. The number of nitriles is 1. The van der Waals surface area contributed by atoms with E-state index >= 15 is 0 Å². The molecule has 2 aromatic rings. The summed E-state index contributed by atoms with van der Waals surface area (Å²) in [6, 6.07) is 19.4. The van der Waals surface area contributed by atoms with Crippen LogP contribution in [0.5, 0.6) is 5.75 Å². The molecule has 1 N–H and O–H groups in total. The first-order chi connectivity index (χ1) is 12.6. The molecule has 1 amide bonds. The van der Waals surface area contributed by atoms with Gasteiger partial charge in [0, 0.05) is 12.0 Å². The Morgan fingerprint density at radius 3 is 2.62 bits per heavy atom. The van der Waals surface area contributed by atoms with E-state index in [1.165, 1.54) is 18.4 Å². The average molecular weight is 348 g/mol. The Kier molecular flexibility index (Phi) is 5.58.